The molecule has 0 N–H and O–H groups in total. The van der Waals surface area contributed by atoms with E-state index in [1.807, 2.05) is 17.2 Å². The summed E-state index contributed by atoms with van der Waals surface area (Å²) in [4.78, 5) is 20.8. The zero-order valence-corrected chi connectivity index (χ0v) is 14.0. The lowest BCUT2D eigenvalue weighted by atomic mass is 10.2. The maximum absolute atomic E-state index is 13.0. The summed E-state index contributed by atoms with van der Waals surface area (Å²) in [5.41, 5.74) is 2.02. The monoisotopic (exact) mass is 333 g/mol. The molecule has 2 heterocycles. The standard InChI is InChI=1S/C17H20FN3OS/c1-13-19-15(12-23-13)4-7-17(22)21-10-8-20(9-11-21)16-5-2-14(18)3-6-16/h2-3,5-6,12H,4,7-11H2,1H3. The molecule has 2 aromatic rings. The summed E-state index contributed by atoms with van der Waals surface area (Å²) < 4.78 is 13.0. The minimum atomic E-state index is -0.222. The summed E-state index contributed by atoms with van der Waals surface area (Å²) in [7, 11) is 0. The van der Waals surface area contributed by atoms with Gasteiger partial charge in [0, 0.05) is 43.7 Å². The summed E-state index contributed by atoms with van der Waals surface area (Å²) in [5, 5.41) is 3.06. The SMILES string of the molecule is Cc1nc(CCC(=O)N2CCN(c3ccc(F)cc3)CC2)cs1. The predicted octanol–water partition coefficient (Wildman–Crippen LogP) is 2.87. The fraction of sp³-hybridized carbons (Fsp3) is 0.412. The highest BCUT2D eigenvalue weighted by molar-refractivity contribution is 7.09. The van der Waals surface area contributed by atoms with Gasteiger partial charge in [0.05, 0.1) is 10.7 Å². The van der Waals surface area contributed by atoms with Crippen molar-refractivity contribution in [3.8, 4) is 0 Å². The van der Waals surface area contributed by atoms with Gasteiger partial charge in [-0.1, -0.05) is 0 Å². The largest absolute Gasteiger partial charge is 0.368 e. The number of piperazine rings is 1. The number of hydrogen-bond donors (Lipinski definition) is 0. The molecule has 0 atom stereocenters. The van der Waals surface area contributed by atoms with Crippen molar-refractivity contribution in [3.63, 3.8) is 0 Å². The molecule has 4 nitrogen and oxygen atoms in total. The first-order chi connectivity index (χ1) is 11.1. The van der Waals surface area contributed by atoms with Crippen molar-refractivity contribution in [2.45, 2.75) is 19.8 Å². The Morgan fingerprint density at radius 2 is 1.91 bits per heavy atom. The number of carbonyl (C=O) groups is 1. The molecule has 0 aliphatic carbocycles. The summed E-state index contributed by atoms with van der Waals surface area (Å²) in [5.74, 6) is -0.0331. The van der Waals surface area contributed by atoms with Gasteiger partial charge in [0.25, 0.3) is 0 Å². The van der Waals surface area contributed by atoms with Gasteiger partial charge in [-0.25, -0.2) is 9.37 Å². The molecule has 0 spiro atoms. The van der Waals surface area contributed by atoms with E-state index in [4.69, 9.17) is 0 Å². The molecule has 1 amide bonds. The molecule has 1 aromatic heterocycles. The number of nitrogens with zero attached hydrogens (tertiary/aromatic N) is 3. The normalized spacial score (nSPS) is 15.0. The lowest BCUT2D eigenvalue weighted by Crippen LogP contribution is -2.48. The molecule has 6 heteroatoms. The van der Waals surface area contributed by atoms with Gasteiger partial charge in [-0.3, -0.25) is 4.79 Å². The predicted molar refractivity (Wildman–Crippen MR) is 90.4 cm³/mol. The average molecular weight is 333 g/mol. The molecule has 1 fully saturated rings. The van der Waals surface area contributed by atoms with Gasteiger partial charge >= 0.3 is 0 Å². The number of aromatic nitrogens is 1. The van der Waals surface area contributed by atoms with Gasteiger partial charge in [0.1, 0.15) is 5.82 Å². The molecule has 23 heavy (non-hydrogen) atoms. The lowest BCUT2D eigenvalue weighted by Gasteiger charge is -2.36. The first kappa shape index (κ1) is 15.9. The van der Waals surface area contributed by atoms with Crippen LogP contribution in [0.5, 0.6) is 0 Å². The van der Waals surface area contributed by atoms with Gasteiger partial charge in [-0.15, -0.1) is 11.3 Å². The fourth-order valence-corrected chi connectivity index (χ4v) is 3.43. The first-order valence-corrected chi connectivity index (χ1v) is 8.69. The molecular weight excluding hydrogens is 313 g/mol. The van der Waals surface area contributed by atoms with Crippen LogP contribution in [0.25, 0.3) is 0 Å². The van der Waals surface area contributed by atoms with E-state index in [2.05, 4.69) is 9.88 Å². The molecule has 1 aliphatic rings. The number of rotatable bonds is 4. The van der Waals surface area contributed by atoms with E-state index >= 15 is 0 Å². The summed E-state index contributed by atoms with van der Waals surface area (Å²) in [6.45, 7) is 4.98. The molecular formula is C17H20FN3OS. The highest BCUT2D eigenvalue weighted by atomic mass is 32.1. The van der Waals surface area contributed by atoms with Crippen molar-refractivity contribution in [1.82, 2.24) is 9.88 Å². The Morgan fingerprint density at radius 1 is 1.22 bits per heavy atom. The molecule has 0 radical (unpaired) electrons. The zero-order valence-electron chi connectivity index (χ0n) is 13.2. The van der Waals surface area contributed by atoms with E-state index < -0.39 is 0 Å². The van der Waals surface area contributed by atoms with Gasteiger partial charge in [-0.05, 0) is 37.6 Å². The van der Waals surface area contributed by atoms with Crippen LogP contribution < -0.4 is 4.90 Å². The average Bonchev–Trinajstić information content (AvgIpc) is 2.99. The van der Waals surface area contributed by atoms with Crippen molar-refractivity contribution < 1.29 is 9.18 Å². The smallest absolute Gasteiger partial charge is 0.223 e. The van der Waals surface area contributed by atoms with Crippen LogP contribution in [0.4, 0.5) is 10.1 Å². The minimum absolute atomic E-state index is 0.189. The number of halogens is 1. The first-order valence-electron chi connectivity index (χ1n) is 7.81. The third-order valence-corrected chi connectivity index (χ3v) is 4.91. The van der Waals surface area contributed by atoms with E-state index in [1.54, 1.807) is 23.5 Å². The second-order valence-corrected chi connectivity index (χ2v) is 6.76. The Labute approximate surface area is 139 Å². The van der Waals surface area contributed by atoms with Crippen LogP contribution in [-0.4, -0.2) is 42.0 Å². The van der Waals surface area contributed by atoms with E-state index in [0.717, 1.165) is 29.5 Å². The molecule has 3 rings (SSSR count). The van der Waals surface area contributed by atoms with E-state index in [9.17, 15) is 9.18 Å². The van der Waals surface area contributed by atoms with Gasteiger partial charge < -0.3 is 9.80 Å². The highest BCUT2D eigenvalue weighted by Crippen LogP contribution is 2.17. The number of amides is 1. The Hall–Kier alpha value is -1.95. The van der Waals surface area contributed by atoms with E-state index in [1.165, 1.54) is 12.1 Å². The molecule has 1 saturated heterocycles. The molecule has 0 bridgehead atoms. The second kappa shape index (κ2) is 7.08. The number of carbonyl (C=O) groups excluding carboxylic acids is 1. The Bertz CT molecular complexity index is 663. The van der Waals surface area contributed by atoms with E-state index in [-0.39, 0.29) is 11.7 Å². The van der Waals surface area contributed by atoms with Crippen LogP contribution in [0.2, 0.25) is 0 Å². The number of benzene rings is 1. The quantitative estimate of drug-likeness (QED) is 0.863. The molecule has 0 unspecified atom stereocenters. The maximum Gasteiger partial charge on any atom is 0.223 e. The van der Waals surface area contributed by atoms with Crippen LogP contribution in [0.1, 0.15) is 17.1 Å². The van der Waals surface area contributed by atoms with Gasteiger partial charge in [0.2, 0.25) is 5.91 Å². The molecule has 1 aromatic carbocycles. The number of thiazole rings is 1. The number of aryl methyl sites for hydroxylation is 2. The molecule has 1 aliphatic heterocycles. The Morgan fingerprint density at radius 3 is 2.52 bits per heavy atom. The third-order valence-electron chi connectivity index (χ3n) is 4.09. The zero-order chi connectivity index (χ0) is 16.2. The second-order valence-electron chi connectivity index (χ2n) is 5.70. The van der Waals surface area contributed by atoms with Crippen LogP contribution in [0.15, 0.2) is 29.6 Å². The number of hydrogen-bond acceptors (Lipinski definition) is 4. The Kier molecular flexibility index (Phi) is 4.91. The van der Waals surface area contributed by atoms with Gasteiger partial charge in [-0.2, -0.15) is 0 Å². The lowest BCUT2D eigenvalue weighted by molar-refractivity contribution is -0.131. The number of anilines is 1. The summed E-state index contributed by atoms with van der Waals surface area (Å²) in [6, 6.07) is 6.53. The van der Waals surface area contributed by atoms with Crippen LogP contribution in [0.3, 0.4) is 0 Å². The van der Waals surface area contributed by atoms with Crippen molar-refractivity contribution in [2.24, 2.45) is 0 Å². The Balaban J connectivity index is 1.48. The van der Waals surface area contributed by atoms with Crippen molar-refractivity contribution in [1.29, 1.82) is 0 Å². The van der Waals surface area contributed by atoms with Crippen LogP contribution >= 0.6 is 11.3 Å². The van der Waals surface area contributed by atoms with E-state index in [0.29, 0.717) is 25.9 Å². The van der Waals surface area contributed by atoms with Crippen molar-refractivity contribution in [2.75, 3.05) is 31.1 Å². The fourth-order valence-electron chi connectivity index (χ4n) is 2.78. The topological polar surface area (TPSA) is 36.4 Å². The molecule has 0 saturated carbocycles. The molecule has 122 valence electrons. The summed E-state index contributed by atoms with van der Waals surface area (Å²) >= 11 is 1.62. The van der Waals surface area contributed by atoms with Crippen LogP contribution in [0, 0.1) is 12.7 Å². The highest BCUT2D eigenvalue weighted by Gasteiger charge is 2.21. The van der Waals surface area contributed by atoms with Crippen LogP contribution in [-0.2, 0) is 11.2 Å². The minimum Gasteiger partial charge on any atom is -0.368 e. The van der Waals surface area contributed by atoms with Crippen molar-refractivity contribution >= 4 is 22.9 Å². The third kappa shape index (κ3) is 4.07. The maximum atomic E-state index is 13.0. The summed E-state index contributed by atoms with van der Waals surface area (Å²) in [6.07, 6.45) is 1.22. The van der Waals surface area contributed by atoms with Crippen molar-refractivity contribution in [3.05, 3.63) is 46.2 Å². The van der Waals surface area contributed by atoms with Gasteiger partial charge in [0.15, 0.2) is 0 Å².